The van der Waals surface area contributed by atoms with Gasteiger partial charge in [-0.3, -0.25) is 0 Å². The van der Waals surface area contributed by atoms with Crippen LogP contribution in [0.2, 0.25) is 0 Å². The molecule has 3 aromatic carbocycles. The van der Waals surface area contributed by atoms with Crippen molar-refractivity contribution in [3.05, 3.63) is 91.0 Å². The van der Waals surface area contributed by atoms with E-state index >= 15 is 0 Å². The van der Waals surface area contributed by atoms with Crippen LogP contribution >= 0.6 is 7.26 Å². The Hall–Kier alpha value is -1.51. The summed E-state index contributed by atoms with van der Waals surface area (Å²) >= 11 is 0. The molecule has 38 heavy (non-hydrogen) atoms. The van der Waals surface area contributed by atoms with Crippen LogP contribution in [0.5, 0.6) is 0 Å². The number of benzene rings is 3. The minimum Gasteiger partial charge on any atom is -1.00 e. The van der Waals surface area contributed by atoms with Gasteiger partial charge in [0.15, 0.2) is 5.79 Å². The van der Waals surface area contributed by atoms with Crippen LogP contribution in [0.1, 0.15) is 77.6 Å². The zero-order chi connectivity index (χ0) is 25.7. The first kappa shape index (κ1) is 31.0. The van der Waals surface area contributed by atoms with Crippen molar-refractivity contribution in [3.8, 4) is 0 Å². The van der Waals surface area contributed by atoms with Crippen LogP contribution < -0.4 is 32.9 Å². The minimum atomic E-state index is -1.70. The molecule has 0 aromatic heterocycles. The van der Waals surface area contributed by atoms with Gasteiger partial charge in [0.2, 0.25) is 0 Å². The van der Waals surface area contributed by atoms with Gasteiger partial charge in [0.25, 0.3) is 0 Å². The fourth-order valence-electron chi connectivity index (χ4n) is 5.89. The molecule has 0 saturated carbocycles. The smallest absolute Gasteiger partial charge is 0.168 e. The molecule has 0 radical (unpaired) electrons. The van der Waals surface area contributed by atoms with Crippen LogP contribution in [0.4, 0.5) is 0 Å². The van der Waals surface area contributed by atoms with E-state index in [9.17, 15) is 0 Å². The average Bonchev–Trinajstić information content (AvgIpc) is 3.43. The summed E-state index contributed by atoms with van der Waals surface area (Å²) in [5.74, 6) is -0.289. The first-order chi connectivity index (χ1) is 18.3. The summed E-state index contributed by atoms with van der Waals surface area (Å²) < 4.78 is 12.2. The number of hydrogen-bond donors (Lipinski definition) is 0. The fourth-order valence-corrected chi connectivity index (χ4v) is 10.3. The van der Waals surface area contributed by atoms with Gasteiger partial charge in [-0.15, -0.1) is 0 Å². The van der Waals surface area contributed by atoms with E-state index in [2.05, 4.69) is 97.9 Å². The summed E-state index contributed by atoms with van der Waals surface area (Å²) in [6.45, 7) is 3.79. The molecule has 1 fully saturated rings. The Morgan fingerprint density at radius 3 is 1.39 bits per heavy atom. The molecule has 2 nitrogen and oxygen atoms in total. The predicted molar refractivity (Wildman–Crippen MR) is 161 cm³/mol. The molecule has 0 bridgehead atoms. The Balaban J connectivity index is 0.00000400. The zero-order valence-electron chi connectivity index (χ0n) is 23.2. The van der Waals surface area contributed by atoms with E-state index in [1.54, 1.807) is 0 Å². The molecule has 0 aliphatic carbocycles. The van der Waals surface area contributed by atoms with Gasteiger partial charge in [0, 0.05) is 12.8 Å². The lowest BCUT2D eigenvalue weighted by atomic mass is 9.99. The summed E-state index contributed by atoms with van der Waals surface area (Å²) in [7, 11) is -1.70. The van der Waals surface area contributed by atoms with Crippen molar-refractivity contribution in [1.82, 2.24) is 0 Å². The van der Waals surface area contributed by atoms with E-state index < -0.39 is 7.26 Å². The van der Waals surface area contributed by atoms with Crippen LogP contribution in [-0.2, 0) is 9.47 Å². The van der Waals surface area contributed by atoms with Gasteiger partial charge in [0.1, 0.15) is 23.2 Å². The van der Waals surface area contributed by atoms with Gasteiger partial charge in [0.05, 0.1) is 19.4 Å². The Labute approximate surface area is 242 Å². The third-order valence-corrected chi connectivity index (χ3v) is 12.4. The lowest BCUT2D eigenvalue weighted by Gasteiger charge is -2.28. The largest absolute Gasteiger partial charge is 1.00 e. The van der Waals surface area contributed by atoms with Crippen molar-refractivity contribution in [2.45, 2.75) is 83.3 Å². The number of unbranched alkanes of at least 4 members (excludes halogenated alkanes) is 7. The van der Waals surface area contributed by atoms with E-state index in [0.29, 0.717) is 0 Å². The first-order valence-electron chi connectivity index (χ1n) is 14.6. The molecule has 0 spiro atoms. The molecule has 206 valence electrons. The van der Waals surface area contributed by atoms with Crippen molar-refractivity contribution < 1.29 is 26.5 Å². The molecule has 0 unspecified atom stereocenters. The summed E-state index contributed by atoms with van der Waals surface area (Å²) in [6.07, 6.45) is 14.7. The molecular formula is C34H46BrO2P. The maximum atomic E-state index is 6.12. The van der Waals surface area contributed by atoms with E-state index in [0.717, 1.165) is 26.1 Å². The molecule has 1 aliphatic heterocycles. The van der Waals surface area contributed by atoms with Gasteiger partial charge >= 0.3 is 0 Å². The second-order valence-electron chi connectivity index (χ2n) is 10.5. The van der Waals surface area contributed by atoms with Crippen molar-refractivity contribution >= 4 is 23.2 Å². The molecule has 1 aliphatic rings. The maximum Gasteiger partial charge on any atom is 0.168 e. The van der Waals surface area contributed by atoms with Gasteiger partial charge < -0.3 is 26.5 Å². The lowest BCUT2D eigenvalue weighted by Crippen LogP contribution is -3.00. The summed E-state index contributed by atoms with van der Waals surface area (Å²) in [5.41, 5.74) is 0. The zero-order valence-corrected chi connectivity index (χ0v) is 25.7. The molecule has 0 amide bonds. The molecule has 3 aromatic rings. The number of ether oxygens (including phenoxy) is 2. The average molecular weight is 598 g/mol. The van der Waals surface area contributed by atoms with Gasteiger partial charge in [-0.25, -0.2) is 0 Å². The van der Waals surface area contributed by atoms with Gasteiger partial charge in [-0.2, -0.15) is 0 Å². The predicted octanol–water partition coefficient (Wildman–Crippen LogP) is 5.04. The van der Waals surface area contributed by atoms with Crippen molar-refractivity contribution in [2.75, 3.05) is 19.4 Å². The minimum absolute atomic E-state index is 0. The summed E-state index contributed by atoms with van der Waals surface area (Å²) in [5, 5.41) is 4.48. The first-order valence-corrected chi connectivity index (χ1v) is 16.6. The quantitative estimate of drug-likeness (QED) is 0.170. The number of rotatable bonds is 16. The monoisotopic (exact) mass is 596 g/mol. The van der Waals surface area contributed by atoms with Gasteiger partial charge in [-0.05, 0) is 62.1 Å². The number of hydrogen-bond acceptors (Lipinski definition) is 2. The lowest BCUT2D eigenvalue weighted by molar-refractivity contribution is -0.168. The molecular weight excluding hydrogens is 551 g/mol. The second-order valence-corrected chi connectivity index (χ2v) is 14.1. The second kappa shape index (κ2) is 16.6. The SMILES string of the molecule is CCCCCCC1(CCCCCCC[P+](c2ccccc2)(c2ccccc2)c2ccccc2)OCCO1.[Br-]. The highest BCUT2D eigenvalue weighted by Gasteiger charge is 2.44. The highest BCUT2D eigenvalue weighted by molar-refractivity contribution is 7.95. The number of halogens is 1. The topological polar surface area (TPSA) is 18.5 Å². The molecule has 4 rings (SSSR count). The van der Waals surface area contributed by atoms with Crippen LogP contribution in [0.3, 0.4) is 0 Å². The maximum absolute atomic E-state index is 6.12. The standard InChI is InChI=1S/C34H46O2P.BrH/c1-2-3-4-17-26-34(35-28-29-36-34)27-18-6-5-7-19-30-37(31-20-11-8-12-21-31,32-22-13-9-14-23-32)33-24-15-10-16-25-33;/h8-16,20-25H,2-7,17-19,26-30H2,1H3;1H/q+1;/p-1. The van der Waals surface area contributed by atoms with Crippen molar-refractivity contribution in [1.29, 1.82) is 0 Å². The normalized spacial score (nSPS) is 14.8. The van der Waals surface area contributed by atoms with Crippen LogP contribution in [0, 0.1) is 0 Å². The Kier molecular flexibility index (Phi) is 13.5. The summed E-state index contributed by atoms with van der Waals surface area (Å²) in [6, 6.07) is 33.8. The van der Waals surface area contributed by atoms with Gasteiger partial charge in [-0.1, -0.05) is 93.6 Å². The molecule has 0 atom stereocenters. The third-order valence-electron chi connectivity index (χ3n) is 7.87. The van der Waals surface area contributed by atoms with E-state index in [4.69, 9.17) is 9.47 Å². The molecule has 1 saturated heterocycles. The summed E-state index contributed by atoms with van der Waals surface area (Å²) in [4.78, 5) is 0. The Bertz CT molecular complexity index is 910. The third kappa shape index (κ3) is 8.25. The van der Waals surface area contributed by atoms with E-state index in [1.165, 1.54) is 79.9 Å². The van der Waals surface area contributed by atoms with Crippen molar-refractivity contribution in [2.24, 2.45) is 0 Å². The fraction of sp³-hybridized carbons (Fsp3) is 0.471. The van der Waals surface area contributed by atoms with E-state index in [1.807, 2.05) is 0 Å². The molecule has 4 heteroatoms. The molecule has 0 N–H and O–H groups in total. The Morgan fingerprint density at radius 1 is 0.553 bits per heavy atom. The highest BCUT2D eigenvalue weighted by atomic mass is 79.9. The van der Waals surface area contributed by atoms with Crippen LogP contribution in [0.15, 0.2) is 91.0 Å². The molecule has 1 heterocycles. The Morgan fingerprint density at radius 2 is 0.947 bits per heavy atom. The van der Waals surface area contributed by atoms with E-state index in [-0.39, 0.29) is 22.8 Å². The van der Waals surface area contributed by atoms with Crippen molar-refractivity contribution in [3.63, 3.8) is 0 Å². The van der Waals surface area contributed by atoms with Crippen LogP contribution in [-0.4, -0.2) is 25.2 Å². The van der Waals surface area contributed by atoms with Crippen LogP contribution in [0.25, 0.3) is 0 Å². The highest BCUT2D eigenvalue weighted by Crippen LogP contribution is 2.56.